The van der Waals surface area contributed by atoms with Gasteiger partial charge in [-0.05, 0) is 43.7 Å². The molecular formula is C32H32F7N5O3. The van der Waals surface area contributed by atoms with Crippen molar-refractivity contribution in [1.82, 2.24) is 14.0 Å². The average Bonchev–Trinajstić information content (AvgIpc) is 3.49. The maximum Gasteiger partial charge on any atom is 0.449 e. The summed E-state index contributed by atoms with van der Waals surface area (Å²) >= 11 is 0. The summed E-state index contributed by atoms with van der Waals surface area (Å²) in [6, 6.07) is 12.1. The molecule has 8 nitrogen and oxygen atoms in total. The van der Waals surface area contributed by atoms with Gasteiger partial charge in [0.05, 0.1) is 25.2 Å². The van der Waals surface area contributed by atoms with Gasteiger partial charge in [0.15, 0.2) is 0 Å². The van der Waals surface area contributed by atoms with Crippen molar-refractivity contribution in [2.24, 2.45) is 5.73 Å². The van der Waals surface area contributed by atoms with Crippen molar-refractivity contribution < 1.29 is 35.2 Å². The quantitative estimate of drug-likeness (QED) is 0.248. The fourth-order valence-electron chi connectivity index (χ4n) is 5.89. The highest BCUT2D eigenvalue weighted by atomic mass is 19.4. The van der Waals surface area contributed by atoms with Crippen LogP contribution in [0.1, 0.15) is 46.9 Å². The van der Waals surface area contributed by atoms with Crippen LogP contribution in [0, 0.1) is 12.7 Å². The summed E-state index contributed by atoms with van der Waals surface area (Å²) in [6.45, 7) is 2.78. The van der Waals surface area contributed by atoms with Crippen LogP contribution in [-0.2, 0) is 32.0 Å². The number of furan rings is 1. The number of nitrogens with two attached hydrogens (primary N) is 1. The minimum Gasteiger partial charge on any atom is -0.455 e. The number of aromatic nitrogens is 2. The fourth-order valence-corrected chi connectivity index (χ4v) is 5.89. The summed E-state index contributed by atoms with van der Waals surface area (Å²) in [7, 11) is 0. The lowest BCUT2D eigenvalue weighted by atomic mass is 10.1. The molecule has 2 aromatic carbocycles. The minimum atomic E-state index is -4.91. The molecule has 1 saturated heterocycles. The summed E-state index contributed by atoms with van der Waals surface area (Å²) in [5.74, 6) is -2.18. The topological polar surface area (TPSA) is 89.6 Å². The van der Waals surface area contributed by atoms with Gasteiger partial charge in [0.1, 0.15) is 17.3 Å². The maximum atomic E-state index is 14.9. The van der Waals surface area contributed by atoms with Gasteiger partial charge in [0.25, 0.3) is 5.56 Å². The summed E-state index contributed by atoms with van der Waals surface area (Å²) in [5.41, 5.74) is 3.34. The lowest BCUT2D eigenvalue weighted by molar-refractivity contribution is -0.153. The summed E-state index contributed by atoms with van der Waals surface area (Å²) in [5, 5.41) is 0. The van der Waals surface area contributed by atoms with E-state index in [1.807, 2.05) is 4.90 Å². The molecule has 2 N–H and O–H groups in total. The highest BCUT2D eigenvalue weighted by molar-refractivity contribution is 5.50. The molecule has 0 spiro atoms. The number of rotatable bonds is 8. The second-order valence-electron chi connectivity index (χ2n) is 11.5. The van der Waals surface area contributed by atoms with E-state index in [0.29, 0.717) is 5.56 Å². The highest BCUT2D eigenvalue weighted by Gasteiger charge is 2.37. The van der Waals surface area contributed by atoms with E-state index >= 15 is 0 Å². The molecule has 252 valence electrons. The number of alkyl halides is 6. The van der Waals surface area contributed by atoms with Gasteiger partial charge in [-0.2, -0.15) is 26.3 Å². The van der Waals surface area contributed by atoms with Crippen molar-refractivity contribution in [3.05, 3.63) is 121 Å². The predicted octanol–water partition coefficient (Wildman–Crippen LogP) is 5.55. The standard InChI is InChI=1S/C32H32F7N5O3/c1-19-15-42(14-13-41(19)16-22-11-12-27(47-22)32(37,38)39)28-20(2)43(17-23-24(31(34,35)36)9-6-10-25(23)33)30(46)44(29(28)45)18-26(40)21-7-4-3-5-8-21/h3-12,19,26H,13-18,40H2,1-2H3/t19-,26+/m1/s1. The molecule has 0 saturated carbocycles. The van der Waals surface area contributed by atoms with Gasteiger partial charge in [-0.25, -0.2) is 9.18 Å². The van der Waals surface area contributed by atoms with Gasteiger partial charge in [0, 0.05) is 43.0 Å². The van der Waals surface area contributed by atoms with Crippen LogP contribution >= 0.6 is 0 Å². The number of anilines is 1. The SMILES string of the molecule is Cc1c(N2CCN(Cc3ccc(C(F)(F)F)o3)[C@H](C)C2)c(=O)n(C[C@H](N)c2ccccc2)c(=O)n1Cc1c(F)cccc1C(F)(F)F. The Balaban J connectivity index is 1.53. The average molecular weight is 668 g/mol. The van der Waals surface area contributed by atoms with Crippen LogP contribution in [-0.4, -0.2) is 39.7 Å². The number of benzene rings is 2. The number of piperazine rings is 1. The van der Waals surface area contributed by atoms with Gasteiger partial charge in [-0.15, -0.1) is 0 Å². The molecule has 0 unspecified atom stereocenters. The molecule has 1 aliphatic rings. The molecule has 1 fully saturated rings. The van der Waals surface area contributed by atoms with Crippen LogP contribution < -0.4 is 21.9 Å². The molecular weight excluding hydrogens is 635 g/mol. The van der Waals surface area contributed by atoms with Gasteiger partial charge in [-0.3, -0.25) is 18.8 Å². The van der Waals surface area contributed by atoms with E-state index in [1.54, 1.807) is 42.2 Å². The van der Waals surface area contributed by atoms with Crippen molar-refractivity contribution >= 4 is 5.69 Å². The first-order chi connectivity index (χ1) is 22.1. The molecule has 2 aromatic heterocycles. The van der Waals surface area contributed by atoms with E-state index < -0.39 is 58.9 Å². The van der Waals surface area contributed by atoms with E-state index in [0.717, 1.165) is 33.4 Å². The van der Waals surface area contributed by atoms with Crippen LogP contribution in [0.3, 0.4) is 0 Å². The van der Waals surface area contributed by atoms with E-state index in [4.69, 9.17) is 10.2 Å². The van der Waals surface area contributed by atoms with E-state index in [9.17, 15) is 40.3 Å². The third-order valence-electron chi connectivity index (χ3n) is 8.39. The van der Waals surface area contributed by atoms with Crippen molar-refractivity contribution in [3.8, 4) is 0 Å². The lowest BCUT2D eigenvalue weighted by Gasteiger charge is -2.41. The Kier molecular flexibility index (Phi) is 9.42. The van der Waals surface area contributed by atoms with Crippen molar-refractivity contribution in [2.45, 2.75) is 57.9 Å². The molecule has 3 heterocycles. The molecule has 47 heavy (non-hydrogen) atoms. The molecule has 2 atom stereocenters. The Hall–Kier alpha value is -4.37. The molecule has 0 aliphatic carbocycles. The Bertz CT molecular complexity index is 1850. The molecule has 15 heteroatoms. The van der Waals surface area contributed by atoms with Gasteiger partial charge < -0.3 is 15.1 Å². The maximum absolute atomic E-state index is 14.9. The number of nitrogens with zero attached hydrogens (tertiary/aromatic N) is 4. The highest BCUT2D eigenvalue weighted by Crippen LogP contribution is 2.34. The van der Waals surface area contributed by atoms with Crippen molar-refractivity contribution in [3.63, 3.8) is 0 Å². The van der Waals surface area contributed by atoms with Crippen LogP contribution in [0.4, 0.5) is 36.4 Å². The monoisotopic (exact) mass is 667 g/mol. The van der Waals surface area contributed by atoms with Crippen LogP contribution in [0.25, 0.3) is 0 Å². The predicted molar refractivity (Wildman–Crippen MR) is 159 cm³/mol. The zero-order valence-electron chi connectivity index (χ0n) is 25.4. The number of hydrogen-bond acceptors (Lipinski definition) is 6. The van der Waals surface area contributed by atoms with Crippen LogP contribution in [0.5, 0.6) is 0 Å². The third-order valence-corrected chi connectivity index (χ3v) is 8.39. The largest absolute Gasteiger partial charge is 0.455 e. The Morgan fingerprint density at radius 2 is 1.60 bits per heavy atom. The Labute approximate surface area is 264 Å². The Morgan fingerprint density at radius 1 is 0.894 bits per heavy atom. The molecule has 0 radical (unpaired) electrons. The molecule has 4 aromatic rings. The fraction of sp³-hybridized carbons (Fsp3) is 0.375. The van der Waals surface area contributed by atoms with Crippen LogP contribution in [0.2, 0.25) is 0 Å². The molecule has 0 amide bonds. The first kappa shape index (κ1) is 34.0. The van der Waals surface area contributed by atoms with Crippen molar-refractivity contribution in [2.75, 3.05) is 24.5 Å². The van der Waals surface area contributed by atoms with E-state index in [-0.39, 0.29) is 55.9 Å². The minimum absolute atomic E-state index is 0.0265. The first-order valence-electron chi connectivity index (χ1n) is 14.7. The summed E-state index contributed by atoms with van der Waals surface area (Å²) in [6.07, 6.45) is -9.54. The normalized spacial score (nSPS) is 16.9. The number of hydrogen-bond donors (Lipinski definition) is 1. The number of halogens is 7. The smallest absolute Gasteiger partial charge is 0.449 e. The van der Waals surface area contributed by atoms with Crippen LogP contribution in [0.15, 0.2) is 74.7 Å². The van der Waals surface area contributed by atoms with E-state index in [1.165, 1.54) is 13.0 Å². The molecule has 0 bridgehead atoms. The Morgan fingerprint density at radius 3 is 2.21 bits per heavy atom. The first-order valence-corrected chi connectivity index (χ1v) is 14.7. The van der Waals surface area contributed by atoms with Crippen molar-refractivity contribution in [1.29, 1.82) is 0 Å². The molecule has 5 rings (SSSR count). The lowest BCUT2D eigenvalue weighted by Crippen LogP contribution is -2.54. The van der Waals surface area contributed by atoms with Gasteiger partial charge in [-0.1, -0.05) is 36.4 Å². The zero-order chi connectivity index (χ0) is 34.3. The molecule has 1 aliphatic heterocycles. The van der Waals surface area contributed by atoms with E-state index in [2.05, 4.69) is 0 Å². The third kappa shape index (κ3) is 7.15. The second-order valence-corrected chi connectivity index (χ2v) is 11.5. The summed E-state index contributed by atoms with van der Waals surface area (Å²) in [4.78, 5) is 31.4. The van der Waals surface area contributed by atoms with Gasteiger partial charge >= 0.3 is 18.0 Å². The zero-order valence-corrected chi connectivity index (χ0v) is 25.4. The summed E-state index contributed by atoms with van der Waals surface area (Å²) < 4.78 is 102. The second kappa shape index (κ2) is 13.0. The van der Waals surface area contributed by atoms with Gasteiger partial charge in [0.2, 0.25) is 5.76 Å².